The summed E-state index contributed by atoms with van der Waals surface area (Å²) in [6.45, 7) is 5.84. The minimum absolute atomic E-state index is 0.0590. The molecule has 2 saturated heterocycles. The minimum Gasteiger partial charge on any atom is -0.354 e. The Morgan fingerprint density at radius 1 is 1.41 bits per heavy atom. The molecule has 0 saturated carbocycles. The summed E-state index contributed by atoms with van der Waals surface area (Å²) in [4.78, 5) is 23.3. The van der Waals surface area contributed by atoms with Crippen LogP contribution in [-0.2, 0) is 17.9 Å². The SMILES string of the molecule is CC.CNCc1cn(CCNC(=O)CCCC2SCC3NC(=O)NC32)nn1. The first-order chi connectivity index (χ1) is 13.2. The Balaban J connectivity index is 0.00000126. The van der Waals surface area contributed by atoms with Gasteiger partial charge in [-0.1, -0.05) is 19.1 Å². The maximum absolute atomic E-state index is 11.9. The second-order valence-corrected chi connectivity index (χ2v) is 7.64. The van der Waals surface area contributed by atoms with Crippen LogP contribution in [0.3, 0.4) is 0 Å². The van der Waals surface area contributed by atoms with Crippen molar-refractivity contribution in [2.24, 2.45) is 0 Å². The smallest absolute Gasteiger partial charge is 0.315 e. The molecule has 3 rings (SSSR count). The maximum Gasteiger partial charge on any atom is 0.315 e. The summed E-state index contributed by atoms with van der Waals surface area (Å²) in [5.41, 5.74) is 0.884. The fourth-order valence-corrected chi connectivity index (χ4v) is 4.76. The van der Waals surface area contributed by atoms with Gasteiger partial charge in [-0.15, -0.1) is 5.10 Å². The van der Waals surface area contributed by atoms with Crippen LogP contribution >= 0.6 is 11.8 Å². The number of urea groups is 1. The zero-order valence-corrected chi connectivity index (χ0v) is 17.1. The molecule has 9 nitrogen and oxygen atoms in total. The van der Waals surface area contributed by atoms with Gasteiger partial charge in [0.1, 0.15) is 0 Å². The van der Waals surface area contributed by atoms with Crippen LogP contribution in [-0.4, -0.2) is 63.6 Å². The van der Waals surface area contributed by atoms with Gasteiger partial charge in [0, 0.05) is 36.7 Å². The quantitative estimate of drug-likeness (QED) is 0.451. The first-order valence-electron chi connectivity index (χ1n) is 9.64. The normalized spacial score (nSPS) is 23.1. The third-order valence-corrected chi connectivity index (χ3v) is 5.95. The third kappa shape index (κ3) is 6.39. The molecule has 0 bridgehead atoms. The number of nitrogens with zero attached hydrogens (tertiary/aromatic N) is 3. The first kappa shape index (κ1) is 21.5. The van der Waals surface area contributed by atoms with Gasteiger partial charge < -0.3 is 21.3 Å². The monoisotopic (exact) mass is 397 g/mol. The van der Waals surface area contributed by atoms with Crippen LogP contribution in [0.2, 0.25) is 0 Å². The van der Waals surface area contributed by atoms with Gasteiger partial charge in [0.05, 0.1) is 24.3 Å². The number of hydrogen-bond donors (Lipinski definition) is 4. The van der Waals surface area contributed by atoms with Gasteiger partial charge in [0.15, 0.2) is 0 Å². The largest absolute Gasteiger partial charge is 0.354 e. The highest BCUT2D eigenvalue weighted by Gasteiger charge is 2.42. The number of nitrogens with one attached hydrogen (secondary N) is 4. The fourth-order valence-electron chi connectivity index (χ4n) is 3.22. The Labute approximate surface area is 164 Å². The number of carbonyl (C=O) groups excluding carboxylic acids is 2. The predicted molar refractivity (Wildman–Crippen MR) is 106 cm³/mol. The van der Waals surface area contributed by atoms with Crippen molar-refractivity contribution in [2.75, 3.05) is 19.3 Å². The molecule has 1 aromatic heterocycles. The number of aromatic nitrogens is 3. The second-order valence-electron chi connectivity index (χ2n) is 6.37. The third-order valence-electron chi connectivity index (χ3n) is 4.44. The lowest BCUT2D eigenvalue weighted by molar-refractivity contribution is -0.121. The minimum atomic E-state index is -0.0657. The van der Waals surface area contributed by atoms with Crippen LogP contribution in [0.1, 0.15) is 38.8 Å². The average molecular weight is 398 g/mol. The summed E-state index contributed by atoms with van der Waals surface area (Å²) in [5, 5.41) is 20.3. The zero-order valence-electron chi connectivity index (χ0n) is 16.3. The van der Waals surface area contributed by atoms with Gasteiger partial charge in [-0.3, -0.25) is 9.48 Å². The van der Waals surface area contributed by atoms with Gasteiger partial charge >= 0.3 is 6.03 Å². The van der Waals surface area contributed by atoms with Crippen molar-refractivity contribution >= 4 is 23.7 Å². The standard InChI is InChI=1S/C15H25N7O2S.C2H6/c1-16-7-10-8-22(21-20-10)6-5-17-13(23)4-2-3-12-14-11(9-25-12)18-15(24)19-14;1-2/h8,11-12,14,16H,2-7,9H2,1H3,(H,17,23)(H2,18,19,24);1-2H3. The van der Waals surface area contributed by atoms with E-state index in [9.17, 15) is 9.59 Å². The first-order valence-corrected chi connectivity index (χ1v) is 10.7. The molecule has 2 fully saturated rings. The molecule has 0 aliphatic carbocycles. The molecule has 27 heavy (non-hydrogen) atoms. The van der Waals surface area contributed by atoms with Crippen molar-refractivity contribution in [1.82, 2.24) is 36.3 Å². The summed E-state index contributed by atoms with van der Waals surface area (Å²) in [7, 11) is 1.86. The Morgan fingerprint density at radius 3 is 3.00 bits per heavy atom. The highest BCUT2D eigenvalue weighted by molar-refractivity contribution is 8.00. The van der Waals surface area contributed by atoms with Gasteiger partial charge in [0.2, 0.25) is 5.91 Å². The highest BCUT2D eigenvalue weighted by atomic mass is 32.2. The fraction of sp³-hybridized carbons (Fsp3) is 0.765. The Kier molecular flexibility index (Phi) is 8.86. The Bertz CT molecular complexity index is 610. The van der Waals surface area contributed by atoms with E-state index >= 15 is 0 Å². The molecule has 2 aliphatic rings. The molecule has 10 heteroatoms. The summed E-state index contributed by atoms with van der Waals surface area (Å²) < 4.78 is 1.73. The average Bonchev–Trinajstić information content (AvgIpc) is 3.34. The van der Waals surface area contributed by atoms with E-state index in [1.807, 2.05) is 38.9 Å². The van der Waals surface area contributed by atoms with Gasteiger partial charge in [0.25, 0.3) is 0 Å². The second kappa shape index (κ2) is 11.1. The number of fused-ring (bicyclic) bond motifs is 1. The van der Waals surface area contributed by atoms with E-state index in [0.29, 0.717) is 31.3 Å². The van der Waals surface area contributed by atoms with E-state index in [1.165, 1.54) is 0 Å². The number of hydrogen-bond acceptors (Lipinski definition) is 6. The Morgan fingerprint density at radius 2 is 2.22 bits per heavy atom. The molecule has 3 atom stereocenters. The number of amides is 3. The number of thioether (sulfide) groups is 1. The summed E-state index contributed by atoms with van der Waals surface area (Å²) in [6, 6.07) is 0.385. The van der Waals surface area contributed by atoms with E-state index in [0.717, 1.165) is 24.3 Å². The van der Waals surface area contributed by atoms with E-state index in [-0.39, 0.29) is 24.0 Å². The maximum atomic E-state index is 11.9. The number of carbonyl (C=O) groups is 2. The molecular formula is C17H31N7O2S. The van der Waals surface area contributed by atoms with Crippen LogP contribution in [0.4, 0.5) is 4.79 Å². The van der Waals surface area contributed by atoms with Crippen molar-refractivity contribution in [1.29, 1.82) is 0 Å². The highest BCUT2D eigenvalue weighted by Crippen LogP contribution is 2.32. The van der Waals surface area contributed by atoms with Gasteiger partial charge in [-0.2, -0.15) is 11.8 Å². The lowest BCUT2D eigenvalue weighted by Crippen LogP contribution is -2.37. The zero-order chi connectivity index (χ0) is 19.6. The van der Waals surface area contributed by atoms with Crippen molar-refractivity contribution in [3.8, 4) is 0 Å². The van der Waals surface area contributed by atoms with E-state index in [2.05, 4.69) is 31.6 Å². The lowest BCUT2D eigenvalue weighted by Gasteiger charge is -2.16. The molecule has 1 aromatic rings. The summed E-state index contributed by atoms with van der Waals surface area (Å²) >= 11 is 1.88. The van der Waals surface area contributed by atoms with Crippen LogP contribution < -0.4 is 21.3 Å². The topological polar surface area (TPSA) is 113 Å². The summed E-state index contributed by atoms with van der Waals surface area (Å²) in [5.74, 6) is 1.01. The van der Waals surface area contributed by atoms with Crippen LogP contribution in [0.5, 0.6) is 0 Å². The van der Waals surface area contributed by atoms with Gasteiger partial charge in [-0.05, 0) is 19.9 Å². The molecule has 3 heterocycles. The van der Waals surface area contributed by atoms with Crippen LogP contribution in [0.15, 0.2) is 6.20 Å². The number of rotatable bonds is 9. The van der Waals surface area contributed by atoms with Crippen molar-refractivity contribution in [2.45, 2.75) is 63.5 Å². The lowest BCUT2D eigenvalue weighted by atomic mass is 10.0. The molecule has 3 unspecified atom stereocenters. The summed E-state index contributed by atoms with van der Waals surface area (Å²) in [6.07, 6.45) is 4.16. The van der Waals surface area contributed by atoms with E-state index in [1.54, 1.807) is 4.68 Å². The molecule has 2 aliphatic heterocycles. The van der Waals surface area contributed by atoms with Crippen molar-refractivity contribution in [3.05, 3.63) is 11.9 Å². The van der Waals surface area contributed by atoms with Gasteiger partial charge in [-0.25, -0.2) is 4.79 Å². The molecule has 0 spiro atoms. The molecular weight excluding hydrogens is 366 g/mol. The van der Waals surface area contributed by atoms with Crippen LogP contribution in [0.25, 0.3) is 0 Å². The Hall–Kier alpha value is -1.81. The molecule has 0 aromatic carbocycles. The molecule has 3 amide bonds. The van der Waals surface area contributed by atoms with Crippen molar-refractivity contribution in [3.63, 3.8) is 0 Å². The van der Waals surface area contributed by atoms with E-state index in [4.69, 9.17) is 0 Å². The van der Waals surface area contributed by atoms with Crippen LogP contribution in [0, 0.1) is 0 Å². The van der Waals surface area contributed by atoms with Crippen molar-refractivity contribution < 1.29 is 9.59 Å². The van der Waals surface area contributed by atoms with E-state index < -0.39 is 0 Å². The molecule has 4 N–H and O–H groups in total. The predicted octanol–water partition coefficient (Wildman–Crippen LogP) is 0.476. The molecule has 0 radical (unpaired) electrons. The molecule has 152 valence electrons.